The van der Waals surface area contributed by atoms with E-state index in [9.17, 15) is 0 Å². The van der Waals surface area contributed by atoms with Crippen molar-refractivity contribution in [3.8, 4) is 10.8 Å². The number of rotatable bonds is 6. The van der Waals surface area contributed by atoms with Gasteiger partial charge in [-0.15, -0.1) is 11.3 Å². The largest absolute Gasteiger partial charge is 0.443 e. The molecule has 0 spiro atoms. The van der Waals surface area contributed by atoms with Gasteiger partial charge in [0.05, 0.1) is 17.1 Å². The second kappa shape index (κ2) is 8.30. The van der Waals surface area contributed by atoms with E-state index in [0.29, 0.717) is 18.5 Å². The second-order valence-corrected chi connectivity index (χ2v) is 6.80. The molecule has 3 heterocycles. The molecule has 0 radical (unpaired) electrons. The monoisotopic (exact) mass is 347 g/mol. The molecule has 2 N–H and O–H groups in total. The topological polar surface area (TPSA) is 65.7 Å². The summed E-state index contributed by atoms with van der Waals surface area (Å²) in [6, 6.07) is 4.61. The van der Waals surface area contributed by atoms with Gasteiger partial charge in [0, 0.05) is 19.6 Å². The molecule has 24 heavy (non-hydrogen) atoms. The Balaban J connectivity index is 1.48. The molecule has 130 valence electrons. The molecule has 0 saturated carbocycles. The van der Waals surface area contributed by atoms with Crippen LogP contribution in [-0.4, -0.2) is 48.6 Å². The predicted molar refractivity (Wildman–Crippen MR) is 98.3 cm³/mol. The fourth-order valence-corrected chi connectivity index (χ4v) is 3.71. The normalized spacial score (nSPS) is 18.9. The van der Waals surface area contributed by atoms with Crippen molar-refractivity contribution in [3.05, 3.63) is 29.5 Å². The van der Waals surface area contributed by atoms with Crippen molar-refractivity contribution >= 4 is 17.3 Å². The second-order valence-electron chi connectivity index (χ2n) is 5.85. The summed E-state index contributed by atoms with van der Waals surface area (Å²) in [4.78, 5) is 12.4. The number of oxazole rings is 1. The third-order valence-corrected chi connectivity index (χ3v) is 5.21. The fourth-order valence-electron chi connectivity index (χ4n) is 3.05. The summed E-state index contributed by atoms with van der Waals surface area (Å²) in [5, 5.41) is 8.74. The van der Waals surface area contributed by atoms with Crippen LogP contribution in [0.15, 0.2) is 33.2 Å². The van der Waals surface area contributed by atoms with Crippen LogP contribution in [0.4, 0.5) is 0 Å². The van der Waals surface area contributed by atoms with Gasteiger partial charge < -0.3 is 15.1 Å². The van der Waals surface area contributed by atoms with E-state index in [0.717, 1.165) is 29.6 Å². The van der Waals surface area contributed by atoms with E-state index in [1.54, 1.807) is 24.6 Å². The lowest BCUT2D eigenvalue weighted by molar-refractivity contribution is 0.267. The number of nitrogens with one attached hydrogen (secondary N) is 2. The molecule has 0 aliphatic carbocycles. The number of likely N-dealkylation sites (tertiary alicyclic amines) is 1. The van der Waals surface area contributed by atoms with Gasteiger partial charge in [-0.25, -0.2) is 4.98 Å². The number of aliphatic imine (C=N–C) groups is 1. The molecule has 3 rings (SSSR count). The van der Waals surface area contributed by atoms with Crippen LogP contribution < -0.4 is 10.6 Å². The quantitative estimate of drug-likeness (QED) is 0.621. The highest BCUT2D eigenvalue weighted by Gasteiger charge is 2.22. The molecule has 2 aromatic heterocycles. The molecule has 0 bridgehead atoms. The van der Waals surface area contributed by atoms with Gasteiger partial charge in [-0.1, -0.05) is 13.0 Å². The Morgan fingerprint density at radius 3 is 3.17 bits per heavy atom. The average molecular weight is 347 g/mol. The minimum absolute atomic E-state index is 0.594. The van der Waals surface area contributed by atoms with Crippen LogP contribution in [0.2, 0.25) is 0 Å². The first kappa shape index (κ1) is 17.0. The van der Waals surface area contributed by atoms with Crippen molar-refractivity contribution in [2.45, 2.75) is 32.4 Å². The molecule has 1 unspecified atom stereocenters. The van der Waals surface area contributed by atoms with Crippen LogP contribution in [-0.2, 0) is 6.54 Å². The average Bonchev–Trinajstić information content (AvgIpc) is 3.35. The number of thiophene rings is 1. The van der Waals surface area contributed by atoms with E-state index in [1.807, 2.05) is 17.5 Å². The Labute approximate surface area is 147 Å². The molecule has 7 heteroatoms. The molecule has 1 atom stereocenters. The van der Waals surface area contributed by atoms with Crippen molar-refractivity contribution in [1.82, 2.24) is 20.5 Å². The van der Waals surface area contributed by atoms with E-state index >= 15 is 0 Å². The molecule has 6 nitrogen and oxygen atoms in total. The summed E-state index contributed by atoms with van der Waals surface area (Å²) in [5.41, 5.74) is 0.873. The van der Waals surface area contributed by atoms with E-state index in [4.69, 9.17) is 4.42 Å². The zero-order valence-corrected chi connectivity index (χ0v) is 15.1. The van der Waals surface area contributed by atoms with Gasteiger partial charge in [0.2, 0.25) is 5.89 Å². The van der Waals surface area contributed by atoms with Gasteiger partial charge in [0.25, 0.3) is 0 Å². The number of aromatic nitrogens is 1. The summed E-state index contributed by atoms with van der Waals surface area (Å²) < 4.78 is 5.54. The summed E-state index contributed by atoms with van der Waals surface area (Å²) in [6.07, 6.45) is 4.24. The fraction of sp³-hybridized carbons (Fsp3) is 0.529. The number of nitrogens with zero attached hydrogens (tertiary/aromatic N) is 3. The van der Waals surface area contributed by atoms with E-state index in [2.05, 4.69) is 32.4 Å². The lowest BCUT2D eigenvalue weighted by atomic mass is 10.2. The Hall–Kier alpha value is -1.86. The molecular weight excluding hydrogens is 322 g/mol. The number of guanidine groups is 1. The molecule has 2 aromatic rings. The first-order valence-electron chi connectivity index (χ1n) is 8.47. The summed E-state index contributed by atoms with van der Waals surface area (Å²) in [6.45, 7) is 6.06. The maximum atomic E-state index is 5.54. The van der Waals surface area contributed by atoms with Gasteiger partial charge in [0.1, 0.15) is 6.26 Å². The highest BCUT2D eigenvalue weighted by molar-refractivity contribution is 7.13. The molecule has 0 amide bonds. The minimum Gasteiger partial charge on any atom is -0.443 e. The molecule has 1 aliphatic heterocycles. The maximum absolute atomic E-state index is 5.54. The smallest absolute Gasteiger partial charge is 0.236 e. The van der Waals surface area contributed by atoms with Crippen LogP contribution in [0.3, 0.4) is 0 Å². The SMILES string of the molecule is CCN1CCCC1CNC(=NC)NCc1coc(-c2cccs2)n1. The Morgan fingerprint density at radius 1 is 1.50 bits per heavy atom. The summed E-state index contributed by atoms with van der Waals surface area (Å²) >= 11 is 1.63. The van der Waals surface area contributed by atoms with Crippen molar-refractivity contribution in [1.29, 1.82) is 0 Å². The van der Waals surface area contributed by atoms with Crippen molar-refractivity contribution in [2.75, 3.05) is 26.7 Å². The van der Waals surface area contributed by atoms with E-state index in [-0.39, 0.29) is 0 Å². The molecule has 1 saturated heterocycles. The zero-order valence-electron chi connectivity index (χ0n) is 14.3. The van der Waals surface area contributed by atoms with Crippen molar-refractivity contribution < 1.29 is 4.42 Å². The maximum Gasteiger partial charge on any atom is 0.236 e. The summed E-state index contributed by atoms with van der Waals surface area (Å²) in [5.74, 6) is 1.48. The standard InChI is InChI=1S/C17H25N5OS/c1-3-22-8-4-6-14(22)11-20-17(18-2)19-10-13-12-23-16(21-13)15-7-5-9-24-15/h5,7,9,12,14H,3-4,6,8,10-11H2,1-2H3,(H2,18,19,20). The number of likely N-dealkylation sites (N-methyl/N-ethyl adjacent to an activating group) is 1. The van der Waals surface area contributed by atoms with Crippen LogP contribution >= 0.6 is 11.3 Å². The Kier molecular flexibility index (Phi) is 5.87. The highest BCUT2D eigenvalue weighted by Crippen LogP contribution is 2.23. The van der Waals surface area contributed by atoms with Gasteiger partial charge in [-0.3, -0.25) is 9.89 Å². The molecule has 1 fully saturated rings. The third kappa shape index (κ3) is 4.15. The van der Waals surface area contributed by atoms with Crippen LogP contribution in [0, 0.1) is 0 Å². The lowest BCUT2D eigenvalue weighted by Crippen LogP contribution is -2.44. The Bertz CT molecular complexity index is 652. The first-order valence-corrected chi connectivity index (χ1v) is 9.35. The van der Waals surface area contributed by atoms with E-state index in [1.165, 1.54) is 19.4 Å². The lowest BCUT2D eigenvalue weighted by Gasteiger charge is -2.23. The van der Waals surface area contributed by atoms with Gasteiger partial charge in [0.15, 0.2) is 5.96 Å². The van der Waals surface area contributed by atoms with Crippen LogP contribution in [0.25, 0.3) is 10.8 Å². The number of hydrogen-bond acceptors (Lipinski definition) is 5. The van der Waals surface area contributed by atoms with Crippen LogP contribution in [0.1, 0.15) is 25.5 Å². The van der Waals surface area contributed by atoms with Crippen molar-refractivity contribution in [3.63, 3.8) is 0 Å². The van der Waals surface area contributed by atoms with Gasteiger partial charge >= 0.3 is 0 Å². The Morgan fingerprint density at radius 2 is 2.42 bits per heavy atom. The molecule has 0 aromatic carbocycles. The predicted octanol–water partition coefficient (Wildman–Crippen LogP) is 2.55. The van der Waals surface area contributed by atoms with Crippen LogP contribution in [0.5, 0.6) is 0 Å². The van der Waals surface area contributed by atoms with Gasteiger partial charge in [-0.05, 0) is 37.4 Å². The zero-order chi connectivity index (χ0) is 16.8. The molecule has 1 aliphatic rings. The first-order chi connectivity index (χ1) is 11.8. The minimum atomic E-state index is 0.594. The van der Waals surface area contributed by atoms with Crippen molar-refractivity contribution in [2.24, 2.45) is 4.99 Å². The number of hydrogen-bond donors (Lipinski definition) is 2. The van der Waals surface area contributed by atoms with Gasteiger partial charge in [-0.2, -0.15) is 0 Å². The summed E-state index contributed by atoms with van der Waals surface area (Å²) in [7, 11) is 1.79. The third-order valence-electron chi connectivity index (χ3n) is 4.35. The van der Waals surface area contributed by atoms with E-state index < -0.39 is 0 Å². The molecular formula is C17H25N5OS. The highest BCUT2D eigenvalue weighted by atomic mass is 32.1.